The van der Waals surface area contributed by atoms with Crippen molar-refractivity contribution in [1.29, 1.82) is 5.26 Å². The summed E-state index contributed by atoms with van der Waals surface area (Å²) < 4.78 is 9.11. The molecule has 0 atom stereocenters. The Morgan fingerprint density at radius 1 is 0.935 bits per heavy atom. The van der Waals surface area contributed by atoms with Crippen LogP contribution in [0.25, 0.3) is 0 Å². The summed E-state index contributed by atoms with van der Waals surface area (Å²) in [6, 6.07) is 1.69. The van der Waals surface area contributed by atoms with E-state index in [4.69, 9.17) is 15.5 Å². The molecule has 0 bridgehead atoms. The molecule has 0 heterocycles. The lowest BCUT2D eigenvalue weighted by atomic mass is 10.4. The lowest BCUT2D eigenvalue weighted by Crippen LogP contribution is -2.00. The molecule has 0 radical (unpaired) electrons. The third-order valence-electron chi connectivity index (χ3n) is 1.99. The quantitative estimate of drug-likeness (QED) is 0.248. The number of carboxylic acids is 2. The van der Waals surface area contributed by atoms with Gasteiger partial charge in [-0.15, -0.1) is 0 Å². The number of carbonyl (C=O) groups excluding carboxylic acids is 2. The van der Waals surface area contributed by atoms with Crippen LogP contribution in [0.1, 0.15) is 33.6 Å². The fourth-order valence-electron chi connectivity index (χ4n) is 0.577. The number of nitrogens with zero attached hydrogens (tertiary/aromatic N) is 1. The zero-order valence-electron chi connectivity index (χ0n) is 18.5. The first kappa shape index (κ1) is 37.8. The number of carboxylic acid groups (broad SMARTS) is 2. The minimum atomic E-state index is -0.981. The van der Waals surface area contributed by atoms with E-state index in [-0.39, 0.29) is 17.5 Å². The molecule has 0 saturated heterocycles. The zero-order chi connectivity index (χ0) is 25.7. The minimum absolute atomic E-state index is 0.176. The smallest absolute Gasteiger partial charge is 0.330 e. The topological polar surface area (TPSA) is 151 Å². The highest BCUT2D eigenvalue weighted by atomic mass is 16.5. The van der Waals surface area contributed by atoms with Crippen molar-refractivity contribution < 1.29 is 38.9 Å². The Labute approximate surface area is 184 Å². The van der Waals surface area contributed by atoms with Crippen molar-refractivity contribution in [2.75, 3.05) is 13.2 Å². The van der Waals surface area contributed by atoms with Crippen LogP contribution in [0.4, 0.5) is 0 Å². The molecule has 0 saturated carbocycles. The summed E-state index contributed by atoms with van der Waals surface area (Å²) in [5.41, 5.74) is 0.176. The first-order valence-corrected chi connectivity index (χ1v) is 8.78. The minimum Gasteiger partial charge on any atom is -0.478 e. The van der Waals surface area contributed by atoms with Crippen molar-refractivity contribution in [3.8, 4) is 6.07 Å². The van der Waals surface area contributed by atoms with Crippen LogP contribution in [0.2, 0.25) is 0 Å². The van der Waals surface area contributed by atoms with Crippen LogP contribution in [0.5, 0.6) is 0 Å². The molecule has 9 heteroatoms. The maximum atomic E-state index is 10.3. The molecule has 0 aliphatic heterocycles. The van der Waals surface area contributed by atoms with Gasteiger partial charge in [0.15, 0.2) is 0 Å². The van der Waals surface area contributed by atoms with Gasteiger partial charge in [-0.2, -0.15) is 5.26 Å². The van der Waals surface area contributed by atoms with E-state index in [9.17, 15) is 19.2 Å². The summed E-state index contributed by atoms with van der Waals surface area (Å²) in [6.45, 7) is 21.9. The number of aliphatic carboxylic acids is 2. The Kier molecular flexibility index (Phi) is 41.0. The average molecular weight is 440 g/mol. The zero-order valence-corrected chi connectivity index (χ0v) is 18.5. The van der Waals surface area contributed by atoms with Crippen molar-refractivity contribution in [3.05, 3.63) is 62.8 Å². The number of rotatable bonds is 8. The maximum absolute atomic E-state index is 10.3. The summed E-state index contributed by atoms with van der Waals surface area (Å²) in [6.07, 6.45) is 6.31. The average Bonchev–Trinajstić information content (AvgIpc) is 2.75. The number of ether oxygens (including phenoxy) is 2. The van der Waals surface area contributed by atoms with Gasteiger partial charge in [-0.25, -0.2) is 19.2 Å². The van der Waals surface area contributed by atoms with E-state index in [0.29, 0.717) is 13.2 Å². The van der Waals surface area contributed by atoms with Crippen molar-refractivity contribution >= 4 is 23.9 Å². The maximum Gasteiger partial charge on any atom is 0.330 e. The van der Waals surface area contributed by atoms with Crippen molar-refractivity contribution in [2.45, 2.75) is 33.6 Å². The fourth-order valence-corrected chi connectivity index (χ4v) is 0.577. The molecule has 0 aromatic rings. The van der Waals surface area contributed by atoms with Crippen molar-refractivity contribution in [2.24, 2.45) is 0 Å². The van der Waals surface area contributed by atoms with Crippen LogP contribution in [-0.4, -0.2) is 47.3 Å². The second kappa shape index (κ2) is 33.6. The summed E-state index contributed by atoms with van der Waals surface area (Å²) in [5.74, 6) is -2.61. The molecule has 0 unspecified atom stereocenters. The third-order valence-corrected chi connectivity index (χ3v) is 1.99. The molecule has 31 heavy (non-hydrogen) atoms. The van der Waals surface area contributed by atoms with Crippen molar-refractivity contribution in [1.82, 2.24) is 0 Å². The molecule has 0 aliphatic carbocycles. The highest BCUT2D eigenvalue weighted by molar-refractivity contribution is 5.84. The molecule has 0 fully saturated rings. The second-order valence-electron chi connectivity index (χ2n) is 4.64. The third kappa shape index (κ3) is 66.5. The number of hydrogen-bond donors (Lipinski definition) is 2. The van der Waals surface area contributed by atoms with Gasteiger partial charge in [0.05, 0.1) is 19.3 Å². The van der Waals surface area contributed by atoms with Crippen LogP contribution < -0.4 is 0 Å². The Hall–Kier alpha value is -3.93. The molecule has 2 N–H and O–H groups in total. The number of hydrogen-bond acceptors (Lipinski definition) is 7. The van der Waals surface area contributed by atoms with E-state index < -0.39 is 11.9 Å². The Morgan fingerprint density at radius 3 is 1.45 bits per heavy atom. The number of carbonyl (C=O) groups is 4. The summed E-state index contributed by atoms with van der Waals surface area (Å²) in [7, 11) is 0. The lowest BCUT2D eigenvalue weighted by Gasteiger charge is -1.97. The van der Waals surface area contributed by atoms with E-state index in [2.05, 4.69) is 42.4 Å². The molecule has 0 aromatic heterocycles. The van der Waals surface area contributed by atoms with Gasteiger partial charge in [-0.05, 0) is 20.3 Å². The van der Waals surface area contributed by atoms with Crippen LogP contribution in [0.15, 0.2) is 62.8 Å². The molecule has 0 spiro atoms. The summed E-state index contributed by atoms with van der Waals surface area (Å²) >= 11 is 0. The van der Waals surface area contributed by atoms with E-state index in [1.807, 2.05) is 6.92 Å². The van der Waals surface area contributed by atoms with Gasteiger partial charge >= 0.3 is 23.9 Å². The Balaban J connectivity index is -0.0000000935. The van der Waals surface area contributed by atoms with Crippen LogP contribution in [-0.2, 0) is 28.7 Å². The Bertz CT molecular complexity index is 603. The summed E-state index contributed by atoms with van der Waals surface area (Å²) in [4.78, 5) is 39.3. The van der Waals surface area contributed by atoms with Crippen LogP contribution in [0.3, 0.4) is 0 Å². The predicted octanol–water partition coefficient (Wildman–Crippen LogP) is 3.85. The van der Waals surface area contributed by atoms with Gasteiger partial charge in [0.2, 0.25) is 0 Å². The standard InChI is InChI=1S/C7H12O2.C5H8O2.C4H6O2.C3H3N.C3H4O2/c1-3-5-6-9-7(8)4-2;1-3-5(6)7-4-2;1-3(2)4(5)6;1-2-3-4;1-2-3(4)5/h4H,2-3,5-6H2,1H3;3H,1,4H2,2H3;1H2,2H3,(H,5,6);2H,1H2;2H,1H2,(H,4,5). The van der Waals surface area contributed by atoms with Gasteiger partial charge in [0.1, 0.15) is 0 Å². The number of unbranched alkanes of at least 4 members (excludes halogenated alkanes) is 1. The van der Waals surface area contributed by atoms with Crippen LogP contribution >= 0.6 is 0 Å². The first-order chi connectivity index (χ1) is 14.4. The van der Waals surface area contributed by atoms with E-state index >= 15 is 0 Å². The summed E-state index contributed by atoms with van der Waals surface area (Å²) in [5, 5.41) is 23.0. The van der Waals surface area contributed by atoms with E-state index in [0.717, 1.165) is 25.0 Å². The lowest BCUT2D eigenvalue weighted by molar-refractivity contribution is -0.138. The molecular formula is C22H33NO8. The molecule has 9 nitrogen and oxygen atoms in total. The fraction of sp³-hybridized carbons (Fsp3) is 0.318. The monoisotopic (exact) mass is 439 g/mol. The van der Waals surface area contributed by atoms with E-state index in [1.165, 1.54) is 19.1 Å². The SMILES string of the molecule is C=C(C)C(=O)O.C=CC#N.C=CC(=O)O.C=CC(=O)OCC.C=CC(=O)OCCCC. The molecule has 0 aliphatic rings. The highest BCUT2D eigenvalue weighted by Gasteiger charge is 1.91. The van der Waals surface area contributed by atoms with E-state index in [1.54, 1.807) is 13.0 Å². The number of allylic oxidation sites excluding steroid dienone is 1. The predicted molar refractivity (Wildman–Crippen MR) is 119 cm³/mol. The largest absolute Gasteiger partial charge is 0.478 e. The number of nitriles is 1. The number of esters is 2. The second-order valence-corrected chi connectivity index (χ2v) is 4.64. The molecule has 0 aromatic carbocycles. The molecule has 174 valence electrons. The molecule has 0 amide bonds. The molecular weight excluding hydrogens is 406 g/mol. The van der Waals surface area contributed by atoms with Gasteiger partial charge < -0.3 is 19.7 Å². The first-order valence-electron chi connectivity index (χ1n) is 8.78. The molecule has 0 rings (SSSR count). The normalized spacial score (nSPS) is 7.16. The highest BCUT2D eigenvalue weighted by Crippen LogP contribution is 1.88. The van der Waals surface area contributed by atoms with Crippen LogP contribution in [0, 0.1) is 11.3 Å². The van der Waals surface area contributed by atoms with Gasteiger partial charge in [-0.3, -0.25) is 0 Å². The van der Waals surface area contributed by atoms with Gasteiger partial charge in [0.25, 0.3) is 0 Å². The van der Waals surface area contributed by atoms with Gasteiger partial charge in [0, 0.05) is 29.9 Å². The Morgan fingerprint density at radius 2 is 1.29 bits per heavy atom. The van der Waals surface area contributed by atoms with Crippen molar-refractivity contribution in [3.63, 3.8) is 0 Å². The van der Waals surface area contributed by atoms with Gasteiger partial charge in [-0.1, -0.05) is 46.2 Å².